The van der Waals surface area contributed by atoms with Crippen molar-refractivity contribution in [2.75, 3.05) is 37.7 Å². The summed E-state index contributed by atoms with van der Waals surface area (Å²) in [5, 5.41) is 4.23. The molecule has 1 amide bonds. The Balaban J connectivity index is 1.90. The molecule has 0 bridgehead atoms. The van der Waals surface area contributed by atoms with Gasteiger partial charge < -0.3 is 9.80 Å². The Kier molecular flexibility index (Phi) is 6.92. The molecule has 0 radical (unpaired) electrons. The highest BCUT2D eigenvalue weighted by Crippen LogP contribution is 2.23. The topological polar surface area (TPSA) is 75.5 Å². The van der Waals surface area contributed by atoms with Crippen LogP contribution in [-0.4, -0.2) is 77.6 Å². The molecule has 1 saturated heterocycles. The van der Waals surface area contributed by atoms with Crippen molar-refractivity contribution in [3.8, 4) is 5.69 Å². The Morgan fingerprint density at radius 1 is 1.23 bits per heavy atom. The van der Waals surface area contributed by atoms with E-state index >= 15 is 0 Å². The Morgan fingerprint density at radius 3 is 2.53 bits per heavy atom. The maximum absolute atomic E-state index is 14.2. The number of likely N-dealkylation sites (N-methyl/N-ethyl adjacent to an activating group) is 1. The van der Waals surface area contributed by atoms with E-state index in [2.05, 4.69) is 23.8 Å². The monoisotopic (exact) mass is 436 g/mol. The van der Waals surface area contributed by atoms with Crippen LogP contribution in [0.2, 0.25) is 0 Å². The second kappa shape index (κ2) is 9.26. The van der Waals surface area contributed by atoms with Crippen molar-refractivity contribution in [3.63, 3.8) is 0 Å². The van der Waals surface area contributed by atoms with Crippen molar-refractivity contribution in [1.29, 1.82) is 0 Å². The SMILES string of the molecule is CCN(CC)CCN(C(=O)c1cnn(-c2ccccc2F)c1C)C1CCS(=O)(=O)C1. The van der Waals surface area contributed by atoms with E-state index in [0.29, 0.717) is 30.8 Å². The van der Waals surface area contributed by atoms with E-state index in [0.717, 1.165) is 13.1 Å². The molecule has 9 heteroatoms. The van der Waals surface area contributed by atoms with Crippen LogP contribution < -0.4 is 0 Å². The van der Waals surface area contributed by atoms with Crippen molar-refractivity contribution >= 4 is 15.7 Å². The fraction of sp³-hybridized carbons (Fsp3) is 0.524. The van der Waals surface area contributed by atoms with Crippen LogP contribution in [0.4, 0.5) is 4.39 Å². The molecule has 0 aliphatic carbocycles. The zero-order chi connectivity index (χ0) is 21.9. The number of para-hydroxylation sites is 1. The van der Waals surface area contributed by atoms with Gasteiger partial charge in [-0.2, -0.15) is 5.10 Å². The van der Waals surface area contributed by atoms with E-state index in [4.69, 9.17) is 0 Å². The molecule has 1 aliphatic rings. The van der Waals surface area contributed by atoms with Crippen molar-refractivity contribution < 1.29 is 17.6 Å². The summed E-state index contributed by atoms with van der Waals surface area (Å²) in [6.45, 7) is 8.63. The van der Waals surface area contributed by atoms with E-state index in [9.17, 15) is 17.6 Å². The number of rotatable bonds is 8. The molecule has 1 aliphatic heterocycles. The summed E-state index contributed by atoms with van der Waals surface area (Å²) in [7, 11) is -3.14. The van der Waals surface area contributed by atoms with E-state index in [1.165, 1.54) is 16.9 Å². The number of carbonyl (C=O) groups is 1. The molecule has 1 aromatic carbocycles. The first-order valence-corrected chi connectivity index (χ1v) is 12.1. The van der Waals surface area contributed by atoms with Gasteiger partial charge in [0.25, 0.3) is 5.91 Å². The van der Waals surface area contributed by atoms with E-state index in [1.54, 1.807) is 30.0 Å². The molecule has 0 spiro atoms. The average Bonchev–Trinajstić information content (AvgIpc) is 3.27. The highest BCUT2D eigenvalue weighted by molar-refractivity contribution is 7.91. The lowest BCUT2D eigenvalue weighted by atomic mass is 10.1. The second-order valence-electron chi connectivity index (χ2n) is 7.59. The standard InChI is InChI=1S/C21H29FN4O3S/c1-4-24(5-2)11-12-25(17-10-13-30(28,29)15-17)21(27)18-14-23-26(16(18)3)20-9-7-6-8-19(20)22/h6-9,14,17H,4-5,10-13,15H2,1-3H3. The Hall–Kier alpha value is -2.26. The average molecular weight is 437 g/mol. The molecule has 30 heavy (non-hydrogen) atoms. The van der Waals surface area contributed by atoms with Gasteiger partial charge >= 0.3 is 0 Å². The number of sulfone groups is 1. The maximum atomic E-state index is 14.2. The minimum absolute atomic E-state index is 0.0164. The second-order valence-corrected chi connectivity index (χ2v) is 9.82. The van der Waals surface area contributed by atoms with Crippen molar-refractivity contribution in [3.05, 3.63) is 47.5 Å². The lowest BCUT2D eigenvalue weighted by Crippen LogP contribution is -2.45. The molecule has 1 aromatic heterocycles. The predicted octanol–water partition coefficient (Wildman–Crippen LogP) is 2.29. The van der Waals surface area contributed by atoms with E-state index in [-0.39, 0.29) is 29.1 Å². The lowest BCUT2D eigenvalue weighted by molar-refractivity contribution is 0.0673. The van der Waals surface area contributed by atoms with Gasteiger partial charge in [0.05, 0.1) is 29.0 Å². The number of carbonyl (C=O) groups excluding carboxylic acids is 1. The first-order chi connectivity index (χ1) is 14.3. The number of amides is 1. The zero-order valence-corrected chi connectivity index (χ0v) is 18.5. The molecule has 1 atom stereocenters. The van der Waals surface area contributed by atoms with Crippen molar-refractivity contribution in [2.24, 2.45) is 0 Å². The quantitative estimate of drug-likeness (QED) is 0.635. The van der Waals surface area contributed by atoms with Gasteiger partial charge in [0.15, 0.2) is 9.84 Å². The Morgan fingerprint density at radius 2 is 1.93 bits per heavy atom. The minimum Gasteiger partial charge on any atom is -0.333 e. The number of hydrogen-bond acceptors (Lipinski definition) is 5. The van der Waals surface area contributed by atoms with Crippen LogP contribution in [-0.2, 0) is 9.84 Å². The minimum atomic E-state index is -3.14. The number of aromatic nitrogens is 2. The summed E-state index contributed by atoms with van der Waals surface area (Å²) in [6, 6.07) is 5.90. The van der Waals surface area contributed by atoms with Crippen LogP contribution in [0.1, 0.15) is 36.3 Å². The number of benzene rings is 1. The molecule has 1 fully saturated rings. The smallest absolute Gasteiger partial charge is 0.257 e. The molecule has 1 unspecified atom stereocenters. The van der Waals surface area contributed by atoms with Gasteiger partial charge in [-0.1, -0.05) is 26.0 Å². The third-order valence-corrected chi connectivity index (χ3v) is 7.53. The summed E-state index contributed by atoms with van der Waals surface area (Å²) >= 11 is 0. The summed E-state index contributed by atoms with van der Waals surface area (Å²) in [4.78, 5) is 17.3. The van der Waals surface area contributed by atoms with Crippen LogP contribution in [0, 0.1) is 12.7 Å². The third-order valence-electron chi connectivity index (χ3n) is 5.78. The summed E-state index contributed by atoms with van der Waals surface area (Å²) < 4.78 is 39.7. The van der Waals surface area contributed by atoms with Crippen LogP contribution in [0.5, 0.6) is 0 Å². The lowest BCUT2D eigenvalue weighted by Gasteiger charge is -2.30. The molecular formula is C21H29FN4O3S. The maximum Gasteiger partial charge on any atom is 0.257 e. The van der Waals surface area contributed by atoms with Gasteiger partial charge in [-0.15, -0.1) is 0 Å². The molecule has 2 heterocycles. The van der Waals surface area contributed by atoms with Gasteiger partial charge in [0.1, 0.15) is 11.5 Å². The largest absolute Gasteiger partial charge is 0.333 e. The van der Waals surface area contributed by atoms with Gasteiger partial charge in [0, 0.05) is 19.1 Å². The predicted molar refractivity (Wildman–Crippen MR) is 114 cm³/mol. The fourth-order valence-electron chi connectivity index (χ4n) is 3.90. The normalized spacial score (nSPS) is 18.1. The van der Waals surface area contributed by atoms with Gasteiger partial charge in [-0.05, 0) is 38.6 Å². The van der Waals surface area contributed by atoms with Crippen LogP contribution in [0.15, 0.2) is 30.5 Å². The van der Waals surface area contributed by atoms with Gasteiger partial charge in [0.2, 0.25) is 0 Å². The molecule has 0 N–H and O–H groups in total. The Labute approximate surface area is 177 Å². The van der Waals surface area contributed by atoms with Crippen molar-refractivity contribution in [1.82, 2.24) is 19.6 Å². The van der Waals surface area contributed by atoms with Gasteiger partial charge in [-0.25, -0.2) is 17.5 Å². The van der Waals surface area contributed by atoms with Crippen molar-refractivity contribution in [2.45, 2.75) is 33.2 Å². The molecule has 0 saturated carbocycles. The van der Waals surface area contributed by atoms with Crippen LogP contribution in [0.25, 0.3) is 5.69 Å². The summed E-state index contributed by atoms with van der Waals surface area (Å²) in [5.41, 5.74) is 1.16. The Bertz CT molecular complexity index is 1000. The molecule has 2 aromatic rings. The number of halogens is 1. The highest BCUT2D eigenvalue weighted by atomic mass is 32.2. The third kappa shape index (κ3) is 4.73. The first kappa shape index (κ1) is 22.4. The van der Waals surface area contributed by atoms with Crippen LogP contribution >= 0.6 is 0 Å². The summed E-state index contributed by atoms with van der Waals surface area (Å²) in [6.07, 6.45) is 1.88. The van der Waals surface area contributed by atoms with Crippen LogP contribution in [0.3, 0.4) is 0 Å². The molecule has 7 nitrogen and oxygen atoms in total. The van der Waals surface area contributed by atoms with E-state index < -0.39 is 15.7 Å². The summed E-state index contributed by atoms with van der Waals surface area (Å²) in [5.74, 6) is -0.607. The first-order valence-electron chi connectivity index (χ1n) is 10.3. The number of hydrogen-bond donors (Lipinski definition) is 0. The molecular weight excluding hydrogens is 407 g/mol. The number of nitrogens with zero attached hydrogens (tertiary/aromatic N) is 4. The van der Waals surface area contributed by atoms with Gasteiger partial charge in [-0.3, -0.25) is 4.79 Å². The molecule has 3 rings (SSSR count). The molecule has 164 valence electrons. The highest BCUT2D eigenvalue weighted by Gasteiger charge is 2.36. The fourth-order valence-corrected chi connectivity index (χ4v) is 5.63. The van der Waals surface area contributed by atoms with E-state index in [1.807, 2.05) is 0 Å². The zero-order valence-electron chi connectivity index (χ0n) is 17.7.